The van der Waals surface area contributed by atoms with Crippen LogP contribution in [-0.4, -0.2) is 40.0 Å². The number of hydrogen-bond acceptors (Lipinski definition) is 6. The Hall–Kier alpha value is -3.22. The number of anilines is 1. The molecule has 0 aromatic heterocycles. The van der Waals surface area contributed by atoms with Crippen LogP contribution in [0.2, 0.25) is 0 Å². The highest BCUT2D eigenvalue weighted by atomic mass is 16.5. The summed E-state index contributed by atoms with van der Waals surface area (Å²) in [6.07, 6.45) is 1.52. The molecule has 7 heteroatoms. The molecule has 0 aliphatic carbocycles. The van der Waals surface area contributed by atoms with E-state index in [0.29, 0.717) is 17.2 Å². The van der Waals surface area contributed by atoms with Gasteiger partial charge in [0.15, 0.2) is 0 Å². The van der Waals surface area contributed by atoms with E-state index in [1.165, 1.54) is 6.21 Å². The molecule has 0 fully saturated rings. The van der Waals surface area contributed by atoms with Gasteiger partial charge in [0.05, 0.1) is 39.8 Å². The maximum atomic E-state index is 11.9. The van der Waals surface area contributed by atoms with Gasteiger partial charge < -0.3 is 19.5 Å². The summed E-state index contributed by atoms with van der Waals surface area (Å²) in [7, 11) is 4.72. The largest absolute Gasteiger partial charge is 0.497 e. The van der Waals surface area contributed by atoms with Crippen molar-refractivity contribution in [1.82, 2.24) is 5.43 Å². The Labute approximate surface area is 146 Å². The van der Waals surface area contributed by atoms with E-state index in [9.17, 15) is 4.79 Å². The molecule has 0 spiro atoms. The molecule has 2 N–H and O–H groups in total. The fourth-order valence-corrected chi connectivity index (χ4v) is 2.09. The van der Waals surface area contributed by atoms with Crippen molar-refractivity contribution < 1.29 is 19.0 Å². The molecule has 25 heavy (non-hydrogen) atoms. The number of benzene rings is 2. The predicted molar refractivity (Wildman–Crippen MR) is 96.8 cm³/mol. The van der Waals surface area contributed by atoms with E-state index in [1.807, 2.05) is 24.3 Å². The van der Waals surface area contributed by atoms with Gasteiger partial charge in [0.2, 0.25) is 0 Å². The lowest BCUT2D eigenvalue weighted by Gasteiger charge is -2.09. The molecule has 2 aromatic rings. The Morgan fingerprint density at radius 3 is 2.36 bits per heavy atom. The summed E-state index contributed by atoms with van der Waals surface area (Å²) in [4.78, 5) is 11.9. The van der Waals surface area contributed by atoms with E-state index in [-0.39, 0.29) is 12.5 Å². The van der Waals surface area contributed by atoms with E-state index in [0.717, 1.165) is 11.3 Å². The molecule has 0 unspecified atom stereocenters. The summed E-state index contributed by atoms with van der Waals surface area (Å²) in [6, 6.07) is 12.7. The van der Waals surface area contributed by atoms with Gasteiger partial charge in [-0.3, -0.25) is 4.79 Å². The second kappa shape index (κ2) is 9.17. The van der Waals surface area contributed by atoms with Crippen LogP contribution in [0.3, 0.4) is 0 Å². The van der Waals surface area contributed by atoms with Gasteiger partial charge in [0.25, 0.3) is 5.91 Å². The van der Waals surface area contributed by atoms with Crippen molar-refractivity contribution in [2.45, 2.75) is 0 Å². The van der Waals surface area contributed by atoms with Gasteiger partial charge in [-0.15, -0.1) is 0 Å². The van der Waals surface area contributed by atoms with Gasteiger partial charge in [-0.1, -0.05) is 12.1 Å². The van der Waals surface area contributed by atoms with Crippen molar-refractivity contribution in [2.75, 3.05) is 33.2 Å². The number of carbonyl (C=O) groups excluding carboxylic acids is 1. The summed E-state index contributed by atoms with van der Waals surface area (Å²) in [6.45, 7) is 0.0686. The maximum Gasteiger partial charge on any atom is 0.259 e. The quantitative estimate of drug-likeness (QED) is 0.568. The average molecular weight is 343 g/mol. The standard InChI is InChI=1S/C18H21N3O4/c1-23-14-8-13(9-15(10-14)24-2)11-20-21-18(22)12-19-16-6-4-5-7-17(16)25-3/h4-11,19H,12H2,1-3H3,(H,21,22)/b20-11+. The number of nitrogens with zero attached hydrogens (tertiary/aromatic N) is 1. The Morgan fingerprint density at radius 2 is 1.72 bits per heavy atom. The molecular weight excluding hydrogens is 322 g/mol. The zero-order valence-electron chi connectivity index (χ0n) is 14.4. The number of para-hydroxylation sites is 2. The van der Waals surface area contributed by atoms with Crippen molar-refractivity contribution in [3.8, 4) is 17.2 Å². The van der Waals surface area contributed by atoms with Crippen LogP contribution in [0, 0.1) is 0 Å². The first-order valence-electron chi connectivity index (χ1n) is 7.58. The Bertz CT molecular complexity index is 725. The normalized spacial score (nSPS) is 10.4. The zero-order valence-corrected chi connectivity index (χ0v) is 14.4. The zero-order chi connectivity index (χ0) is 18.1. The van der Waals surface area contributed by atoms with Crippen molar-refractivity contribution in [3.05, 3.63) is 48.0 Å². The molecule has 1 amide bonds. The fourth-order valence-electron chi connectivity index (χ4n) is 2.09. The number of nitrogens with one attached hydrogen (secondary N) is 2. The van der Waals surface area contributed by atoms with Crippen LogP contribution < -0.4 is 25.0 Å². The molecule has 0 bridgehead atoms. The number of carbonyl (C=O) groups is 1. The molecule has 0 radical (unpaired) electrons. The lowest BCUT2D eigenvalue weighted by Crippen LogP contribution is -2.26. The second-order valence-electron chi connectivity index (χ2n) is 4.99. The molecule has 0 saturated carbocycles. The smallest absolute Gasteiger partial charge is 0.259 e. The average Bonchev–Trinajstić information content (AvgIpc) is 2.66. The van der Waals surface area contributed by atoms with Crippen molar-refractivity contribution in [1.29, 1.82) is 0 Å². The van der Waals surface area contributed by atoms with Gasteiger partial charge in [-0.2, -0.15) is 5.10 Å². The topological polar surface area (TPSA) is 81.2 Å². The van der Waals surface area contributed by atoms with Crippen LogP contribution in [0.25, 0.3) is 0 Å². The van der Waals surface area contributed by atoms with Gasteiger partial charge in [0.1, 0.15) is 17.2 Å². The molecule has 7 nitrogen and oxygen atoms in total. The van der Waals surface area contributed by atoms with Crippen molar-refractivity contribution in [2.24, 2.45) is 5.10 Å². The lowest BCUT2D eigenvalue weighted by molar-refractivity contribution is -0.119. The minimum atomic E-state index is -0.281. The predicted octanol–water partition coefficient (Wildman–Crippen LogP) is 2.27. The van der Waals surface area contributed by atoms with Crippen LogP contribution in [0.4, 0.5) is 5.69 Å². The Morgan fingerprint density at radius 1 is 1.04 bits per heavy atom. The van der Waals surface area contributed by atoms with Gasteiger partial charge >= 0.3 is 0 Å². The molecule has 0 aliphatic rings. The first-order chi connectivity index (χ1) is 12.2. The van der Waals surface area contributed by atoms with E-state index >= 15 is 0 Å². The maximum absolute atomic E-state index is 11.9. The minimum absolute atomic E-state index is 0.0686. The second-order valence-corrected chi connectivity index (χ2v) is 4.99. The molecule has 0 atom stereocenters. The molecule has 0 saturated heterocycles. The lowest BCUT2D eigenvalue weighted by atomic mass is 10.2. The van der Waals surface area contributed by atoms with Gasteiger partial charge in [-0.05, 0) is 24.3 Å². The Balaban J connectivity index is 1.90. The SMILES string of the molecule is COc1cc(/C=N/NC(=O)CNc2ccccc2OC)cc(OC)c1. The number of methoxy groups -OCH3 is 3. The summed E-state index contributed by atoms with van der Waals surface area (Å²) >= 11 is 0. The van der Waals surface area contributed by atoms with Crippen LogP contribution in [0.1, 0.15) is 5.56 Å². The summed E-state index contributed by atoms with van der Waals surface area (Å²) < 4.78 is 15.6. The highest BCUT2D eigenvalue weighted by Gasteiger charge is 2.04. The Kier molecular flexibility index (Phi) is 6.65. The summed E-state index contributed by atoms with van der Waals surface area (Å²) in [5, 5.41) is 6.94. The van der Waals surface area contributed by atoms with Crippen molar-refractivity contribution >= 4 is 17.8 Å². The first-order valence-corrected chi connectivity index (χ1v) is 7.58. The highest BCUT2D eigenvalue weighted by Crippen LogP contribution is 2.22. The molecule has 0 heterocycles. The highest BCUT2D eigenvalue weighted by molar-refractivity contribution is 5.85. The molecule has 2 rings (SSSR count). The number of hydrazone groups is 1. The summed E-state index contributed by atoms with van der Waals surface area (Å²) in [5.41, 5.74) is 3.94. The van der Waals surface area contributed by atoms with Crippen LogP contribution >= 0.6 is 0 Å². The van der Waals surface area contributed by atoms with E-state index in [2.05, 4.69) is 15.8 Å². The third kappa shape index (κ3) is 5.42. The van der Waals surface area contributed by atoms with E-state index < -0.39 is 0 Å². The number of ether oxygens (including phenoxy) is 3. The monoisotopic (exact) mass is 343 g/mol. The minimum Gasteiger partial charge on any atom is -0.497 e. The van der Waals surface area contributed by atoms with Gasteiger partial charge in [-0.25, -0.2) is 5.43 Å². The molecule has 0 aliphatic heterocycles. The van der Waals surface area contributed by atoms with Crippen molar-refractivity contribution in [3.63, 3.8) is 0 Å². The van der Waals surface area contributed by atoms with E-state index in [1.54, 1.807) is 39.5 Å². The fraction of sp³-hybridized carbons (Fsp3) is 0.222. The summed E-state index contributed by atoms with van der Waals surface area (Å²) in [5.74, 6) is 1.68. The number of rotatable bonds is 8. The molecule has 132 valence electrons. The van der Waals surface area contributed by atoms with Gasteiger partial charge in [0, 0.05) is 11.6 Å². The molecule has 2 aromatic carbocycles. The van der Waals surface area contributed by atoms with Crippen LogP contribution in [-0.2, 0) is 4.79 Å². The number of amides is 1. The molecular formula is C18H21N3O4. The van der Waals surface area contributed by atoms with E-state index in [4.69, 9.17) is 14.2 Å². The first kappa shape index (κ1) is 18.1. The third-order valence-corrected chi connectivity index (χ3v) is 3.32. The van der Waals surface area contributed by atoms with Crippen LogP contribution in [0.15, 0.2) is 47.6 Å². The third-order valence-electron chi connectivity index (χ3n) is 3.32. The van der Waals surface area contributed by atoms with Crippen LogP contribution in [0.5, 0.6) is 17.2 Å². The number of hydrogen-bond donors (Lipinski definition) is 2.